The Balaban J connectivity index is 1.91. The third-order valence-electron chi connectivity index (χ3n) is 3.51. The first-order valence-corrected chi connectivity index (χ1v) is 7.87. The first-order valence-electron chi connectivity index (χ1n) is 6.69. The lowest BCUT2D eigenvalue weighted by molar-refractivity contribution is 0.274. The molecule has 0 spiro atoms. The van der Waals surface area contributed by atoms with Crippen LogP contribution in [0.4, 0.5) is 5.69 Å². The Hall–Kier alpha value is -1.39. The van der Waals surface area contributed by atoms with Crippen molar-refractivity contribution in [3.63, 3.8) is 0 Å². The van der Waals surface area contributed by atoms with Crippen molar-refractivity contribution in [2.24, 2.45) is 0 Å². The van der Waals surface area contributed by atoms with E-state index in [-0.39, 0.29) is 6.04 Å². The van der Waals surface area contributed by atoms with Gasteiger partial charge in [0.2, 0.25) is 0 Å². The Morgan fingerprint density at radius 1 is 1.29 bits per heavy atom. The van der Waals surface area contributed by atoms with Gasteiger partial charge in [-0.15, -0.1) is 0 Å². The molecule has 1 atom stereocenters. The summed E-state index contributed by atoms with van der Waals surface area (Å²) in [6.07, 6.45) is 0.886. The lowest BCUT2D eigenvalue weighted by atomic mass is 10.0. The van der Waals surface area contributed by atoms with Crippen molar-refractivity contribution in [1.82, 2.24) is 0 Å². The quantitative estimate of drug-likeness (QED) is 0.822. The van der Waals surface area contributed by atoms with Gasteiger partial charge in [0.25, 0.3) is 0 Å². The second-order valence-corrected chi connectivity index (χ2v) is 6.18. The Kier molecular flexibility index (Phi) is 4.27. The fourth-order valence-corrected chi connectivity index (χ4v) is 3.00. The average Bonchev–Trinajstić information content (AvgIpc) is 2.50. The topological polar surface area (TPSA) is 30.5 Å². The van der Waals surface area contributed by atoms with Crippen LogP contribution in [0.25, 0.3) is 0 Å². The highest BCUT2D eigenvalue weighted by Gasteiger charge is 2.22. The molecular weight excluding hydrogens is 354 g/mol. The van der Waals surface area contributed by atoms with Gasteiger partial charge in [0.15, 0.2) is 0 Å². The molecule has 3 rings (SSSR count). The zero-order valence-electron chi connectivity index (χ0n) is 11.5. The normalized spacial score (nSPS) is 16.8. The van der Waals surface area contributed by atoms with Crippen LogP contribution in [-0.2, 0) is 0 Å². The van der Waals surface area contributed by atoms with E-state index in [0.29, 0.717) is 11.6 Å². The average molecular weight is 369 g/mol. The molecule has 2 aromatic carbocycles. The minimum Gasteiger partial charge on any atom is -0.497 e. The van der Waals surface area contributed by atoms with Gasteiger partial charge in [0.05, 0.1) is 30.5 Å². The predicted octanol–water partition coefficient (Wildman–Crippen LogP) is 5.05. The summed E-state index contributed by atoms with van der Waals surface area (Å²) < 4.78 is 12.0. The zero-order chi connectivity index (χ0) is 14.8. The predicted molar refractivity (Wildman–Crippen MR) is 88.6 cm³/mol. The van der Waals surface area contributed by atoms with Crippen LogP contribution in [0.5, 0.6) is 11.5 Å². The number of benzene rings is 2. The molecule has 0 radical (unpaired) electrons. The van der Waals surface area contributed by atoms with Crippen LogP contribution in [0.15, 0.2) is 40.9 Å². The van der Waals surface area contributed by atoms with Gasteiger partial charge >= 0.3 is 0 Å². The van der Waals surface area contributed by atoms with Crippen LogP contribution in [0.1, 0.15) is 18.0 Å². The van der Waals surface area contributed by atoms with E-state index in [1.165, 1.54) is 0 Å². The number of hydrogen-bond donors (Lipinski definition) is 1. The van der Waals surface area contributed by atoms with Crippen molar-refractivity contribution in [3.05, 3.63) is 51.5 Å². The van der Waals surface area contributed by atoms with E-state index in [0.717, 1.165) is 33.6 Å². The lowest BCUT2D eigenvalue weighted by Gasteiger charge is -2.28. The lowest BCUT2D eigenvalue weighted by Crippen LogP contribution is -2.20. The Morgan fingerprint density at radius 3 is 2.95 bits per heavy atom. The van der Waals surface area contributed by atoms with E-state index in [1.54, 1.807) is 7.11 Å². The number of hydrogen-bond acceptors (Lipinski definition) is 3. The second-order valence-electron chi connectivity index (χ2n) is 4.86. The van der Waals surface area contributed by atoms with Gasteiger partial charge in [-0.25, -0.2) is 0 Å². The summed E-state index contributed by atoms with van der Waals surface area (Å²) >= 11 is 9.78. The van der Waals surface area contributed by atoms with Crippen molar-refractivity contribution in [1.29, 1.82) is 0 Å². The van der Waals surface area contributed by atoms with Crippen molar-refractivity contribution in [3.8, 4) is 11.5 Å². The molecule has 1 aliphatic rings. The molecule has 1 N–H and O–H groups in total. The molecule has 110 valence electrons. The third kappa shape index (κ3) is 3.11. The van der Waals surface area contributed by atoms with Crippen LogP contribution in [0.3, 0.4) is 0 Å². The standard InChI is InChI=1S/C16H15BrClNO2/c1-20-11-3-4-13(18)15(9-11)19-14-6-7-21-16-5-2-10(17)8-12(14)16/h2-5,8-9,14,19H,6-7H2,1H3. The third-order valence-corrected chi connectivity index (χ3v) is 4.34. The Morgan fingerprint density at radius 2 is 2.14 bits per heavy atom. The molecule has 0 aromatic heterocycles. The molecule has 3 nitrogen and oxygen atoms in total. The van der Waals surface area contributed by atoms with Gasteiger partial charge in [-0.2, -0.15) is 0 Å². The minimum atomic E-state index is 0.163. The summed E-state index contributed by atoms with van der Waals surface area (Å²) in [7, 11) is 1.65. The van der Waals surface area contributed by atoms with Gasteiger partial charge in [-0.05, 0) is 30.3 Å². The smallest absolute Gasteiger partial charge is 0.124 e. The maximum absolute atomic E-state index is 6.27. The van der Waals surface area contributed by atoms with E-state index in [1.807, 2.05) is 30.3 Å². The van der Waals surface area contributed by atoms with Crippen molar-refractivity contribution in [2.75, 3.05) is 19.0 Å². The van der Waals surface area contributed by atoms with Crippen molar-refractivity contribution >= 4 is 33.2 Å². The maximum atomic E-state index is 6.27. The highest BCUT2D eigenvalue weighted by atomic mass is 79.9. The number of rotatable bonds is 3. The van der Waals surface area contributed by atoms with E-state index >= 15 is 0 Å². The number of fused-ring (bicyclic) bond motifs is 1. The van der Waals surface area contributed by atoms with E-state index in [4.69, 9.17) is 21.1 Å². The van der Waals surface area contributed by atoms with Crippen LogP contribution < -0.4 is 14.8 Å². The largest absolute Gasteiger partial charge is 0.497 e. The van der Waals surface area contributed by atoms with E-state index in [2.05, 4.69) is 27.3 Å². The summed E-state index contributed by atoms with van der Waals surface area (Å²) in [5.74, 6) is 1.70. The first kappa shape index (κ1) is 14.5. The molecule has 5 heteroatoms. The molecule has 1 aliphatic heterocycles. The van der Waals surface area contributed by atoms with Gasteiger partial charge in [0, 0.05) is 22.5 Å². The van der Waals surface area contributed by atoms with Crippen molar-refractivity contribution in [2.45, 2.75) is 12.5 Å². The Bertz CT molecular complexity index is 663. The monoisotopic (exact) mass is 367 g/mol. The fourth-order valence-electron chi connectivity index (χ4n) is 2.44. The fraction of sp³-hybridized carbons (Fsp3) is 0.250. The second kappa shape index (κ2) is 6.16. The van der Waals surface area contributed by atoms with Gasteiger partial charge in [-0.3, -0.25) is 0 Å². The molecule has 1 heterocycles. The van der Waals surface area contributed by atoms with E-state index < -0.39 is 0 Å². The van der Waals surface area contributed by atoms with Crippen LogP contribution in [-0.4, -0.2) is 13.7 Å². The van der Waals surface area contributed by atoms with Crippen molar-refractivity contribution < 1.29 is 9.47 Å². The van der Waals surface area contributed by atoms with Crippen LogP contribution in [0.2, 0.25) is 5.02 Å². The number of halogens is 2. The minimum absolute atomic E-state index is 0.163. The number of methoxy groups -OCH3 is 1. The summed E-state index contributed by atoms with van der Waals surface area (Å²) in [4.78, 5) is 0. The zero-order valence-corrected chi connectivity index (χ0v) is 13.9. The maximum Gasteiger partial charge on any atom is 0.124 e. The Labute approximate surface area is 137 Å². The molecule has 0 fully saturated rings. The molecule has 1 unspecified atom stereocenters. The number of ether oxygens (including phenoxy) is 2. The molecule has 0 saturated heterocycles. The highest BCUT2D eigenvalue weighted by Crippen LogP contribution is 2.38. The summed E-state index contributed by atoms with van der Waals surface area (Å²) in [5.41, 5.74) is 2.00. The highest BCUT2D eigenvalue weighted by molar-refractivity contribution is 9.10. The van der Waals surface area contributed by atoms with Gasteiger partial charge < -0.3 is 14.8 Å². The number of anilines is 1. The molecule has 0 bridgehead atoms. The molecule has 21 heavy (non-hydrogen) atoms. The summed E-state index contributed by atoms with van der Waals surface area (Å²) in [6.45, 7) is 0.688. The molecule has 0 saturated carbocycles. The summed E-state index contributed by atoms with van der Waals surface area (Å²) in [5, 5.41) is 4.17. The SMILES string of the molecule is COc1ccc(Cl)c(NC2CCOc3ccc(Br)cc32)c1. The van der Waals surface area contributed by atoms with Gasteiger partial charge in [-0.1, -0.05) is 27.5 Å². The van der Waals surface area contributed by atoms with Crippen LogP contribution in [0, 0.1) is 0 Å². The van der Waals surface area contributed by atoms with E-state index in [9.17, 15) is 0 Å². The first-order chi connectivity index (χ1) is 10.2. The molecule has 0 aliphatic carbocycles. The molecule has 0 amide bonds. The van der Waals surface area contributed by atoms with Gasteiger partial charge in [0.1, 0.15) is 11.5 Å². The number of nitrogens with one attached hydrogen (secondary N) is 1. The molecular formula is C16H15BrClNO2. The molecule has 2 aromatic rings. The van der Waals surface area contributed by atoms with Crippen LogP contribution >= 0.6 is 27.5 Å². The summed E-state index contributed by atoms with van der Waals surface area (Å²) in [6, 6.07) is 11.8.